The summed E-state index contributed by atoms with van der Waals surface area (Å²) in [5.74, 6) is 0.0443. The highest BCUT2D eigenvalue weighted by Crippen LogP contribution is 2.30. The zero-order valence-corrected chi connectivity index (χ0v) is 17.3. The quantitative estimate of drug-likeness (QED) is 0.319. The molecule has 1 atom stereocenters. The van der Waals surface area contributed by atoms with Crippen molar-refractivity contribution in [3.63, 3.8) is 0 Å². The van der Waals surface area contributed by atoms with Crippen molar-refractivity contribution in [2.24, 2.45) is 15.9 Å². The first-order valence-corrected chi connectivity index (χ1v) is 9.95. The lowest BCUT2D eigenvalue weighted by molar-refractivity contribution is -0.121. The largest absolute Gasteiger partial charge is 0.497 e. The summed E-state index contributed by atoms with van der Waals surface area (Å²) in [6, 6.07) is 14.3. The minimum absolute atomic E-state index is 0.0577. The summed E-state index contributed by atoms with van der Waals surface area (Å²) in [6.07, 6.45) is 1.62. The zero-order valence-electron chi connectivity index (χ0n) is 14.9. The molecule has 0 aliphatic carbocycles. The molecule has 1 unspecified atom stereocenters. The molecule has 144 valence electrons. The lowest BCUT2D eigenvalue weighted by Gasteiger charge is -2.15. The SMILES string of the molecule is COc1ccc(N2C(=O)CC(S/C(N)=N/N=C/c3ccc(Br)cc3)C2=O)cc1. The number of carbonyl (C=O) groups excluding carboxylic acids is 2. The molecule has 1 saturated heterocycles. The highest BCUT2D eigenvalue weighted by Gasteiger charge is 2.40. The first-order valence-electron chi connectivity index (χ1n) is 8.27. The fourth-order valence-corrected chi connectivity index (χ4v) is 3.65. The third kappa shape index (κ3) is 4.79. The highest BCUT2D eigenvalue weighted by atomic mass is 79.9. The normalized spacial score (nSPS) is 17.6. The van der Waals surface area contributed by atoms with Crippen LogP contribution in [-0.2, 0) is 9.59 Å². The van der Waals surface area contributed by atoms with Gasteiger partial charge in [-0.3, -0.25) is 9.59 Å². The second-order valence-electron chi connectivity index (χ2n) is 5.81. The molecular formula is C19H17BrN4O3S. The van der Waals surface area contributed by atoms with Gasteiger partial charge in [0, 0.05) is 10.9 Å². The number of amidine groups is 1. The van der Waals surface area contributed by atoms with Crippen molar-refractivity contribution in [1.82, 2.24) is 0 Å². The average molecular weight is 461 g/mol. The van der Waals surface area contributed by atoms with Gasteiger partial charge in [0.1, 0.15) is 11.0 Å². The molecule has 0 bridgehead atoms. The summed E-state index contributed by atoms with van der Waals surface area (Å²) < 4.78 is 6.06. The number of ether oxygens (including phenoxy) is 1. The van der Waals surface area contributed by atoms with Crippen LogP contribution in [0.3, 0.4) is 0 Å². The Labute approximate surface area is 174 Å². The second-order valence-corrected chi connectivity index (χ2v) is 7.95. The van der Waals surface area contributed by atoms with Gasteiger partial charge in [0.05, 0.1) is 19.0 Å². The van der Waals surface area contributed by atoms with E-state index in [4.69, 9.17) is 10.5 Å². The van der Waals surface area contributed by atoms with Gasteiger partial charge in [0.15, 0.2) is 5.17 Å². The maximum absolute atomic E-state index is 12.6. The number of halogens is 1. The fourth-order valence-electron chi connectivity index (χ4n) is 2.57. The molecule has 7 nitrogen and oxygen atoms in total. The molecule has 1 fully saturated rings. The van der Waals surface area contributed by atoms with E-state index >= 15 is 0 Å². The van der Waals surface area contributed by atoms with Gasteiger partial charge in [-0.2, -0.15) is 5.10 Å². The summed E-state index contributed by atoms with van der Waals surface area (Å²) in [5, 5.41) is 7.33. The number of hydrogen-bond acceptors (Lipinski definition) is 6. The molecule has 1 heterocycles. The van der Waals surface area contributed by atoms with E-state index < -0.39 is 5.25 Å². The number of hydrogen-bond donors (Lipinski definition) is 1. The Bertz CT molecular complexity index is 929. The Balaban J connectivity index is 1.64. The van der Waals surface area contributed by atoms with E-state index in [9.17, 15) is 9.59 Å². The van der Waals surface area contributed by atoms with E-state index in [1.165, 1.54) is 0 Å². The van der Waals surface area contributed by atoms with Crippen molar-refractivity contribution < 1.29 is 14.3 Å². The Morgan fingerprint density at radius 2 is 1.89 bits per heavy atom. The Morgan fingerprint density at radius 3 is 2.54 bits per heavy atom. The molecule has 2 N–H and O–H groups in total. The summed E-state index contributed by atoms with van der Waals surface area (Å²) in [7, 11) is 1.55. The Morgan fingerprint density at radius 1 is 1.21 bits per heavy atom. The molecule has 3 rings (SSSR count). The van der Waals surface area contributed by atoms with Gasteiger partial charge in [-0.1, -0.05) is 39.8 Å². The molecule has 0 aromatic heterocycles. The number of anilines is 1. The van der Waals surface area contributed by atoms with Crippen molar-refractivity contribution in [1.29, 1.82) is 0 Å². The molecule has 0 saturated carbocycles. The average Bonchev–Trinajstić information content (AvgIpc) is 2.96. The number of benzene rings is 2. The number of amides is 2. The Hall–Kier alpha value is -2.65. The monoisotopic (exact) mass is 460 g/mol. The molecule has 0 radical (unpaired) electrons. The van der Waals surface area contributed by atoms with E-state index in [0.29, 0.717) is 11.4 Å². The van der Waals surface area contributed by atoms with Gasteiger partial charge >= 0.3 is 0 Å². The zero-order chi connectivity index (χ0) is 20.1. The number of nitrogens with zero attached hydrogens (tertiary/aromatic N) is 3. The first kappa shape index (κ1) is 20.1. The van der Waals surface area contributed by atoms with Gasteiger partial charge in [0.2, 0.25) is 11.8 Å². The van der Waals surface area contributed by atoms with E-state index in [-0.39, 0.29) is 23.4 Å². The van der Waals surface area contributed by atoms with Crippen LogP contribution in [0.5, 0.6) is 5.75 Å². The van der Waals surface area contributed by atoms with Crippen LogP contribution >= 0.6 is 27.7 Å². The van der Waals surface area contributed by atoms with Crippen LogP contribution in [0.25, 0.3) is 0 Å². The highest BCUT2D eigenvalue weighted by molar-refractivity contribution is 9.10. The van der Waals surface area contributed by atoms with Gasteiger partial charge in [0.25, 0.3) is 0 Å². The number of imide groups is 1. The maximum Gasteiger partial charge on any atom is 0.247 e. The predicted octanol–water partition coefficient (Wildman–Crippen LogP) is 3.17. The minimum Gasteiger partial charge on any atom is -0.497 e. The lowest BCUT2D eigenvalue weighted by atomic mass is 10.2. The molecule has 2 aromatic rings. The maximum atomic E-state index is 12.6. The molecule has 9 heteroatoms. The predicted molar refractivity (Wildman–Crippen MR) is 115 cm³/mol. The van der Waals surface area contributed by atoms with Crippen molar-refractivity contribution in [2.75, 3.05) is 12.0 Å². The molecule has 1 aliphatic heterocycles. The van der Waals surface area contributed by atoms with Gasteiger partial charge in [-0.05, 0) is 42.0 Å². The van der Waals surface area contributed by atoms with Crippen LogP contribution in [0, 0.1) is 0 Å². The van der Waals surface area contributed by atoms with Gasteiger partial charge < -0.3 is 10.5 Å². The van der Waals surface area contributed by atoms with E-state index in [1.54, 1.807) is 37.6 Å². The summed E-state index contributed by atoms with van der Waals surface area (Å²) in [4.78, 5) is 26.1. The number of nitrogens with two attached hydrogens (primary N) is 1. The lowest BCUT2D eigenvalue weighted by Crippen LogP contribution is -2.31. The smallest absolute Gasteiger partial charge is 0.247 e. The third-order valence-electron chi connectivity index (χ3n) is 3.93. The number of methoxy groups -OCH3 is 1. The molecule has 28 heavy (non-hydrogen) atoms. The van der Waals surface area contributed by atoms with Crippen molar-refractivity contribution in [2.45, 2.75) is 11.7 Å². The molecule has 0 spiro atoms. The number of thioether (sulfide) groups is 1. The van der Waals surface area contributed by atoms with Crippen LogP contribution in [0.4, 0.5) is 5.69 Å². The summed E-state index contributed by atoms with van der Waals surface area (Å²) in [6.45, 7) is 0. The molecule has 1 aliphatic rings. The minimum atomic E-state index is -0.624. The molecule has 2 aromatic carbocycles. The number of carbonyl (C=O) groups is 2. The van der Waals surface area contributed by atoms with Gasteiger partial charge in [-0.15, -0.1) is 5.10 Å². The number of rotatable bonds is 5. The van der Waals surface area contributed by atoms with Crippen LogP contribution in [0.1, 0.15) is 12.0 Å². The standard InChI is InChI=1S/C19H17BrN4O3S/c1-27-15-8-6-14(7-9-15)24-17(25)10-16(18(24)26)28-19(21)23-22-11-12-2-4-13(20)5-3-12/h2-9,11,16H,10H2,1H3,(H2,21,23)/b22-11+. The molecular weight excluding hydrogens is 444 g/mol. The van der Waals surface area contributed by atoms with Crippen LogP contribution in [-0.4, -0.2) is 35.6 Å². The van der Waals surface area contributed by atoms with Crippen LogP contribution in [0.2, 0.25) is 0 Å². The molecule has 2 amide bonds. The van der Waals surface area contributed by atoms with E-state index in [1.807, 2.05) is 24.3 Å². The third-order valence-corrected chi connectivity index (χ3v) is 5.44. The second kappa shape index (κ2) is 9.03. The van der Waals surface area contributed by atoms with E-state index in [0.717, 1.165) is 26.7 Å². The topological polar surface area (TPSA) is 97.3 Å². The van der Waals surface area contributed by atoms with Crippen LogP contribution < -0.4 is 15.4 Å². The first-order chi connectivity index (χ1) is 13.5. The van der Waals surface area contributed by atoms with E-state index in [2.05, 4.69) is 26.1 Å². The van der Waals surface area contributed by atoms with Crippen LogP contribution in [0.15, 0.2) is 63.2 Å². The van der Waals surface area contributed by atoms with Crippen molar-refractivity contribution >= 4 is 56.6 Å². The summed E-state index contributed by atoms with van der Waals surface area (Å²) in [5.41, 5.74) is 7.23. The Kier molecular flexibility index (Phi) is 6.48. The fraction of sp³-hybridized carbons (Fsp3) is 0.158. The summed E-state index contributed by atoms with van der Waals surface area (Å²) >= 11 is 4.39. The van der Waals surface area contributed by atoms with Crippen molar-refractivity contribution in [3.05, 3.63) is 58.6 Å². The van der Waals surface area contributed by atoms with Crippen molar-refractivity contribution in [3.8, 4) is 5.75 Å². The van der Waals surface area contributed by atoms with Gasteiger partial charge in [-0.25, -0.2) is 4.90 Å².